The number of fused-ring (bicyclic) bond motifs is 1. The van der Waals surface area contributed by atoms with Crippen molar-refractivity contribution in [3.63, 3.8) is 0 Å². The Morgan fingerprint density at radius 3 is 3.07 bits per heavy atom. The molecule has 1 aromatic heterocycles. The number of carbonyl (C=O) groups excluding carboxylic acids is 1. The maximum atomic E-state index is 13.2. The lowest BCUT2D eigenvalue weighted by Gasteiger charge is -2.29. The molecular formula is C19H16FN3O3S. The van der Waals surface area contributed by atoms with E-state index in [-0.39, 0.29) is 11.8 Å². The summed E-state index contributed by atoms with van der Waals surface area (Å²) < 4.78 is 24.4. The molecular weight excluding hydrogens is 369 g/mol. The van der Waals surface area contributed by atoms with Gasteiger partial charge in [-0.05, 0) is 36.8 Å². The largest absolute Gasteiger partial charge is 0.490 e. The fraction of sp³-hybridized carbons (Fsp3) is 0.158. The number of halogens is 1. The minimum Gasteiger partial charge on any atom is -0.490 e. The maximum Gasteiger partial charge on any atom is 0.328 e. The average molecular weight is 385 g/mol. The van der Waals surface area contributed by atoms with Gasteiger partial charge < -0.3 is 9.47 Å². The molecule has 2 amide bonds. The highest BCUT2D eigenvalue weighted by Crippen LogP contribution is 2.34. The van der Waals surface area contributed by atoms with Gasteiger partial charge in [-0.25, -0.2) is 14.2 Å². The SMILES string of the molecule is Cc1ccc2c(c1)OCCN2C(=O)Nc1ncc(Oc2cccc(F)c2)s1. The standard InChI is InChI=1S/C19H16FN3O3S/c1-12-5-6-15-16(9-12)25-8-7-23(15)19(24)22-18-21-11-17(27-18)26-14-4-2-3-13(20)10-14/h2-6,9-11H,7-8H2,1H3,(H,21,22,24). The smallest absolute Gasteiger partial charge is 0.328 e. The molecule has 0 atom stereocenters. The lowest BCUT2D eigenvalue weighted by molar-refractivity contribution is 0.250. The maximum absolute atomic E-state index is 13.2. The van der Waals surface area contributed by atoms with Crippen LogP contribution in [0.5, 0.6) is 16.6 Å². The average Bonchev–Trinajstić information content (AvgIpc) is 3.07. The molecule has 3 aromatic rings. The van der Waals surface area contributed by atoms with Gasteiger partial charge in [0, 0.05) is 6.07 Å². The Morgan fingerprint density at radius 2 is 2.22 bits per heavy atom. The Bertz CT molecular complexity index is 992. The van der Waals surface area contributed by atoms with Crippen molar-refractivity contribution in [2.45, 2.75) is 6.92 Å². The van der Waals surface area contributed by atoms with Gasteiger partial charge in [0.25, 0.3) is 0 Å². The zero-order valence-corrected chi connectivity index (χ0v) is 15.3. The van der Waals surface area contributed by atoms with Gasteiger partial charge in [-0.15, -0.1) is 0 Å². The van der Waals surface area contributed by atoms with Crippen LogP contribution in [0, 0.1) is 12.7 Å². The predicted octanol–water partition coefficient (Wildman–Crippen LogP) is 4.81. The number of hydrogen-bond donors (Lipinski definition) is 1. The summed E-state index contributed by atoms with van der Waals surface area (Å²) in [7, 11) is 0. The van der Waals surface area contributed by atoms with E-state index in [0.717, 1.165) is 22.6 Å². The van der Waals surface area contributed by atoms with Gasteiger partial charge in [-0.3, -0.25) is 10.2 Å². The van der Waals surface area contributed by atoms with Crippen molar-refractivity contribution in [3.8, 4) is 16.6 Å². The van der Waals surface area contributed by atoms with E-state index < -0.39 is 0 Å². The molecule has 6 nitrogen and oxygen atoms in total. The molecule has 138 valence electrons. The molecule has 0 saturated carbocycles. The van der Waals surface area contributed by atoms with E-state index in [4.69, 9.17) is 9.47 Å². The molecule has 2 heterocycles. The number of amides is 2. The normalized spacial score (nSPS) is 12.9. The number of nitrogens with zero attached hydrogens (tertiary/aromatic N) is 2. The number of thiazole rings is 1. The molecule has 0 bridgehead atoms. The van der Waals surface area contributed by atoms with E-state index >= 15 is 0 Å². The van der Waals surface area contributed by atoms with E-state index in [0.29, 0.717) is 34.8 Å². The molecule has 4 rings (SSSR count). The van der Waals surface area contributed by atoms with Crippen molar-refractivity contribution in [3.05, 3.63) is 60.0 Å². The molecule has 1 aliphatic rings. The first kappa shape index (κ1) is 17.3. The topological polar surface area (TPSA) is 63.7 Å². The number of nitrogens with one attached hydrogen (secondary N) is 1. The second-order valence-corrected chi connectivity index (χ2v) is 6.94. The predicted molar refractivity (Wildman–Crippen MR) is 102 cm³/mol. The highest BCUT2D eigenvalue weighted by molar-refractivity contribution is 7.17. The number of aromatic nitrogens is 1. The van der Waals surface area contributed by atoms with Crippen molar-refractivity contribution >= 4 is 28.2 Å². The summed E-state index contributed by atoms with van der Waals surface area (Å²) >= 11 is 1.16. The summed E-state index contributed by atoms with van der Waals surface area (Å²) in [4.78, 5) is 18.4. The number of aryl methyl sites for hydroxylation is 1. The van der Waals surface area contributed by atoms with Crippen molar-refractivity contribution in [1.29, 1.82) is 0 Å². The van der Waals surface area contributed by atoms with Crippen LogP contribution in [0.4, 0.5) is 20.0 Å². The third-order valence-corrected chi connectivity index (χ3v) is 4.73. The first-order chi connectivity index (χ1) is 13.1. The van der Waals surface area contributed by atoms with Crippen LogP contribution in [0.25, 0.3) is 0 Å². The number of urea groups is 1. The lowest BCUT2D eigenvalue weighted by atomic mass is 10.2. The van der Waals surface area contributed by atoms with Crippen LogP contribution in [0.15, 0.2) is 48.7 Å². The summed E-state index contributed by atoms with van der Waals surface area (Å²) in [6.07, 6.45) is 1.49. The first-order valence-electron chi connectivity index (χ1n) is 8.30. The first-order valence-corrected chi connectivity index (χ1v) is 9.11. The summed E-state index contributed by atoms with van der Waals surface area (Å²) in [5.41, 5.74) is 1.78. The molecule has 8 heteroatoms. The molecule has 0 fully saturated rings. The minimum atomic E-state index is -0.383. The van der Waals surface area contributed by atoms with E-state index in [1.807, 2.05) is 25.1 Å². The van der Waals surface area contributed by atoms with Crippen LogP contribution in [0.1, 0.15) is 5.56 Å². The van der Waals surface area contributed by atoms with E-state index in [2.05, 4.69) is 10.3 Å². The third-order valence-electron chi connectivity index (χ3n) is 3.94. The summed E-state index contributed by atoms with van der Waals surface area (Å²) in [6.45, 7) is 2.84. The second kappa shape index (κ2) is 7.24. The van der Waals surface area contributed by atoms with Gasteiger partial charge in [0.2, 0.25) is 5.06 Å². The molecule has 0 unspecified atom stereocenters. The van der Waals surface area contributed by atoms with Crippen LogP contribution < -0.4 is 19.7 Å². The van der Waals surface area contributed by atoms with Gasteiger partial charge in [0.1, 0.15) is 23.9 Å². The van der Waals surface area contributed by atoms with Crippen molar-refractivity contribution in [2.24, 2.45) is 0 Å². The number of hydrogen-bond acceptors (Lipinski definition) is 5. The zero-order chi connectivity index (χ0) is 18.8. The summed E-state index contributed by atoms with van der Waals surface area (Å²) in [5, 5.41) is 3.62. The van der Waals surface area contributed by atoms with Gasteiger partial charge >= 0.3 is 6.03 Å². The quantitative estimate of drug-likeness (QED) is 0.702. The van der Waals surface area contributed by atoms with Gasteiger partial charge in [-0.2, -0.15) is 0 Å². The molecule has 0 aliphatic carbocycles. The third kappa shape index (κ3) is 3.85. The molecule has 27 heavy (non-hydrogen) atoms. The van der Waals surface area contributed by atoms with Gasteiger partial charge in [-0.1, -0.05) is 23.5 Å². The molecule has 2 aromatic carbocycles. The summed E-state index contributed by atoms with van der Waals surface area (Å²) in [5.74, 6) is 0.673. The Balaban J connectivity index is 1.46. The van der Waals surface area contributed by atoms with Crippen molar-refractivity contribution in [2.75, 3.05) is 23.4 Å². The van der Waals surface area contributed by atoms with Crippen LogP contribution in [-0.2, 0) is 0 Å². The minimum absolute atomic E-state index is 0.296. The number of carbonyl (C=O) groups is 1. The number of rotatable bonds is 3. The van der Waals surface area contributed by atoms with E-state index in [1.165, 1.54) is 18.3 Å². The molecule has 0 saturated heterocycles. The lowest BCUT2D eigenvalue weighted by Crippen LogP contribution is -2.40. The van der Waals surface area contributed by atoms with Crippen molar-refractivity contribution < 1.29 is 18.7 Å². The molecule has 1 N–H and O–H groups in total. The Labute approximate surface area is 159 Å². The Hall–Kier alpha value is -3.13. The highest BCUT2D eigenvalue weighted by Gasteiger charge is 2.24. The number of ether oxygens (including phenoxy) is 2. The monoisotopic (exact) mass is 385 g/mol. The molecule has 1 aliphatic heterocycles. The molecule has 0 spiro atoms. The van der Waals surface area contributed by atoms with Crippen LogP contribution in [0.3, 0.4) is 0 Å². The van der Waals surface area contributed by atoms with Gasteiger partial charge in [0.05, 0.1) is 18.4 Å². The fourth-order valence-corrected chi connectivity index (χ4v) is 3.39. The fourth-order valence-electron chi connectivity index (χ4n) is 2.71. The molecule has 0 radical (unpaired) electrons. The summed E-state index contributed by atoms with van der Waals surface area (Å²) in [6, 6.07) is 11.2. The zero-order valence-electron chi connectivity index (χ0n) is 14.4. The highest BCUT2D eigenvalue weighted by atomic mass is 32.1. The van der Waals surface area contributed by atoms with Crippen LogP contribution >= 0.6 is 11.3 Å². The second-order valence-electron chi connectivity index (χ2n) is 5.95. The Morgan fingerprint density at radius 1 is 1.33 bits per heavy atom. The van der Waals surface area contributed by atoms with Crippen LogP contribution in [0.2, 0.25) is 0 Å². The van der Waals surface area contributed by atoms with E-state index in [1.54, 1.807) is 17.0 Å². The number of benzene rings is 2. The van der Waals surface area contributed by atoms with Crippen molar-refractivity contribution in [1.82, 2.24) is 4.98 Å². The van der Waals surface area contributed by atoms with Gasteiger partial charge in [0.15, 0.2) is 5.13 Å². The van der Waals surface area contributed by atoms with E-state index in [9.17, 15) is 9.18 Å². The number of anilines is 2. The van der Waals surface area contributed by atoms with Crippen LogP contribution in [-0.4, -0.2) is 24.2 Å². The Kier molecular flexibility index (Phi) is 4.64.